The molecule has 3 rings (SSSR count). The number of benzene rings is 1. The molecule has 2 fully saturated rings. The summed E-state index contributed by atoms with van der Waals surface area (Å²) < 4.78 is 24.1. The van der Waals surface area contributed by atoms with Crippen molar-refractivity contribution >= 4 is 67.5 Å². The third-order valence-electron chi connectivity index (χ3n) is 4.24. The Morgan fingerprint density at radius 2 is 2.00 bits per heavy atom. The first kappa shape index (κ1) is 20.4. The number of fused-ring (bicyclic) bond motifs is 1. The van der Waals surface area contributed by atoms with Crippen LogP contribution in [0.15, 0.2) is 23.2 Å². The number of rotatable bonds is 5. The Balaban J connectivity index is 1.89. The second kappa shape index (κ2) is 7.98. The second-order valence-corrected chi connectivity index (χ2v) is 10.5. The van der Waals surface area contributed by atoms with E-state index in [1.165, 1.54) is 11.8 Å². The van der Waals surface area contributed by atoms with E-state index in [-0.39, 0.29) is 42.1 Å². The minimum Gasteiger partial charge on any atom is -0.481 e. The van der Waals surface area contributed by atoms with Crippen molar-refractivity contribution in [2.45, 2.75) is 30.6 Å². The first-order valence-electron chi connectivity index (χ1n) is 8.11. The molecule has 7 nitrogen and oxygen atoms in total. The summed E-state index contributed by atoms with van der Waals surface area (Å²) in [4.78, 5) is 28.5. The number of sulfone groups is 1. The average Bonchev–Trinajstić information content (AvgIpc) is 2.98. The maximum Gasteiger partial charge on any atom is 0.303 e. The number of halogens is 2. The van der Waals surface area contributed by atoms with Gasteiger partial charge in [0.1, 0.15) is 0 Å². The van der Waals surface area contributed by atoms with Crippen molar-refractivity contribution < 1.29 is 23.1 Å². The van der Waals surface area contributed by atoms with E-state index in [0.717, 1.165) is 0 Å². The molecule has 2 atom stereocenters. The number of amides is 1. The zero-order valence-corrected chi connectivity index (χ0v) is 17.1. The van der Waals surface area contributed by atoms with Crippen molar-refractivity contribution in [2.75, 3.05) is 16.4 Å². The van der Waals surface area contributed by atoms with Gasteiger partial charge in [0, 0.05) is 23.1 Å². The molecule has 2 unspecified atom stereocenters. The maximum absolute atomic E-state index is 12.2. The van der Waals surface area contributed by atoms with Gasteiger partial charge in [-0.1, -0.05) is 35.0 Å². The van der Waals surface area contributed by atoms with E-state index in [9.17, 15) is 18.0 Å². The van der Waals surface area contributed by atoms with Gasteiger partial charge < -0.3 is 10.0 Å². The topological polar surface area (TPSA) is 104 Å². The van der Waals surface area contributed by atoms with Crippen LogP contribution in [-0.2, 0) is 19.4 Å². The summed E-state index contributed by atoms with van der Waals surface area (Å²) in [6, 6.07) is 4.48. The van der Waals surface area contributed by atoms with Crippen LogP contribution in [0.5, 0.6) is 0 Å². The Kier molecular flexibility index (Phi) is 6.05. The number of hydrogen-bond donors (Lipinski definition) is 1. The van der Waals surface area contributed by atoms with Gasteiger partial charge in [-0.15, -0.1) is 0 Å². The number of hydrogen-bond acceptors (Lipinski definition) is 5. The van der Waals surface area contributed by atoms with E-state index in [2.05, 4.69) is 4.99 Å². The van der Waals surface area contributed by atoms with E-state index < -0.39 is 21.7 Å². The Labute approximate surface area is 170 Å². The quantitative estimate of drug-likeness (QED) is 0.734. The molecule has 2 saturated heterocycles. The maximum atomic E-state index is 12.2. The van der Waals surface area contributed by atoms with Crippen LogP contribution in [0, 0.1) is 0 Å². The highest BCUT2D eigenvalue weighted by atomic mass is 35.5. The number of carboxylic acids is 1. The summed E-state index contributed by atoms with van der Waals surface area (Å²) in [6.07, 6.45) is 0.0880. The van der Waals surface area contributed by atoms with Crippen LogP contribution in [0.2, 0.25) is 10.0 Å². The van der Waals surface area contributed by atoms with Gasteiger partial charge >= 0.3 is 5.97 Å². The molecule has 1 amide bonds. The number of thioether (sulfide) groups is 1. The van der Waals surface area contributed by atoms with Crippen molar-refractivity contribution in [1.82, 2.24) is 0 Å². The largest absolute Gasteiger partial charge is 0.481 e. The SMILES string of the molecule is O=C(O)CCCC(=O)N=C1SC2CS(=O)(=O)CC2N1c1ccc(Cl)cc1Cl. The highest BCUT2D eigenvalue weighted by molar-refractivity contribution is 8.16. The number of anilines is 1. The Bertz CT molecular complexity index is 919. The molecule has 0 aliphatic carbocycles. The molecule has 11 heteroatoms. The van der Waals surface area contributed by atoms with E-state index >= 15 is 0 Å². The molecule has 27 heavy (non-hydrogen) atoms. The van der Waals surface area contributed by atoms with Crippen molar-refractivity contribution in [2.24, 2.45) is 4.99 Å². The van der Waals surface area contributed by atoms with Crippen LogP contribution in [-0.4, -0.2) is 53.4 Å². The fraction of sp³-hybridized carbons (Fsp3) is 0.438. The van der Waals surface area contributed by atoms with Gasteiger partial charge in [-0.05, 0) is 24.6 Å². The Morgan fingerprint density at radius 1 is 1.26 bits per heavy atom. The van der Waals surface area contributed by atoms with Gasteiger partial charge in [0.25, 0.3) is 0 Å². The van der Waals surface area contributed by atoms with Crippen LogP contribution in [0.4, 0.5) is 5.69 Å². The van der Waals surface area contributed by atoms with Crippen molar-refractivity contribution in [3.63, 3.8) is 0 Å². The smallest absolute Gasteiger partial charge is 0.303 e. The van der Waals surface area contributed by atoms with Crippen LogP contribution in [0.1, 0.15) is 19.3 Å². The zero-order valence-electron chi connectivity index (χ0n) is 14.0. The minimum atomic E-state index is -3.18. The monoisotopic (exact) mass is 450 g/mol. The molecule has 2 aliphatic rings. The normalized spacial score (nSPS) is 25.0. The number of aliphatic carboxylic acids is 1. The summed E-state index contributed by atoms with van der Waals surface area (Å²) in [7, 11) is -3.18. The number of carbonyl (C=O) groups excluding carboxylic acids is 1. The molecule has 1 aromatic carbocycles. The molecule has 0 spiro atoms. The molecule has 2 aliphatic heterocycles. The van der Waals surface area contributed by atoms with Crippen LogP contribution >= 0.6 is 35.0 Å². The lowest BCUT2D eigenvalue weighted by Crippen LogP contribution is -2.37. The van der Waals surface area contributed by atoms with E-state index in [1.807, 2.05) is 0 Å². The highest BCUT2D eigenvalue weighted by Crippen LogP contribution is 2.43. The van der Waals surface area contributed by atoms with Crippen molar-refractivity contribution in [1.29, 1.82) is 0 Å². The van der Waals surface area contributed by atoms with Crippen molar-refractivity contribution in [3.05, 3.63) is 28.2 Å². The van der Waals surface area contributed by atoms with Gasteiger partial charge in [-0.25, -0.2) is 8.42 Å². The zero-order chi connectivity index (χ0) is 19.8. The average molecular weight is 451 g/mol. The highest BCUT2D eigenvalue weighted by Gasteiger charge is 2.49. The molecule has 0 aromatic heterocycles. The lowest BCUT2D eigenvalue weighted by atomic mass is 10.2. The molecular weight excluding hydrogens is 435 g/mol. The molecule has 1 N–H and O–H groups in total. The predicted octanol–water partition coefficient (Wildman–Crippen LogP) is 2.85. The van der Waals surface area contributed by atoms with Crippen molar-refractivity contribution in [3.8, 4) is 0 Å². The molecular formula is C16H16Cl2N2O5S2. The Hall–Kier alpha value is -1.29. The van der Waals surface area contributed by atoms with Gasteiger partial charge in [0.15, 0.2) is 15.0 Å². The number of amidine groups is 1. The first-order chi connectivity index (χ1) is 12.7. The summed E-state index contributed by atoms with van der Waals surface area (Å²) in [5, 5.41) is 9.58. The van der Waals surface area contributed by atoms with Crippen LogP contribution in [0.3, 0.4) is 0 Å². The van der Waals surface area contributed by atoms with E-state index in [1.54, 1.807) is 23.1 Å². The standard InChI is InChI=1S/C16H16Cl2N2O5S2/c17-9-4-5-11(10(18)6-9)20-12-7-27(24,25)8-13(12)26-16(20)19-14(21)2-1-3-15(22)23/h4-6,12-13H,1-3,7-8H2,(H,22,23). The fourth-order valence-electron chi connectivity index (χ4n) is 3.08. The van der Waals surface area contributed by atoms with Gasteiger partial charge in [-0.3, -0.25) is 9.59 Å². The fourth-order valence-corrected chi connectivity index (χ4v) is 7.50. The number of carbonyl (C=O) groups is 2. The lowest BCUT2D eigenvalue weighted by Gasteiger charge is -2.25. The first-order valence-corrected chi connectivity index (χ1v) is 11.6. The van der Waals surface area contributed by atoms with Crippen LogP contribution in [0.25, 0.3) is 0 Å². The third kappa shape index (κ3) is 4.77. The molecule has 2 heterocycles. The van der Waals surface area contributed by atoms with Gasteiger partial charge in [-0.2, -0.15) is 4.99 Å². The number of aliphatic imine (C=N–C) groups is 1. The second-order valence-electron chi connectivity index (χ2n) is 6.30. The van der Waals surface area contributed by atoms with E-state index in [4.69, 9.17) is 28.3 Å². The van der Waals surface area contributed by atoms with E-state index in [0.29, 0.717) is 20.9 Å². The summed E-state index contributed by atoms with van der Waals surface area (Å²) in [5.74, 6) is -1.46. The molecule has 0 saturated carbocycles. The number of nitrogens with zero attached hydrogens (tertiary/aromatic N) is 2. The minimum absolute atomic E-state index is 0.00613. The predicted molar refractivity (Wildman–Crippen MR) is 107 cm³/mol. The summed E-state index contributed by atoms with van der Waals surface area (Å²) >= 11 is 13.5. The van der Waals surface area contributed by atoms with Crippen LogP contribution < -0.4 is 4.90 Å². The molecule has 0 bridgehead atoms. The summed E-state index contributed by atoms with van der Waals surface area (Å²) in [5.41, 5.74) is 0.537. The van der Waals surface area contributed by atoms with Gasteiger partial charge in [0.2, 0.25) is 5.91 Å². The number of carboxylic acid groups (broad SMARTS) is 1. The Morgan fingerprint density at radius 3 is 2.67 bits per heavy atom. The molecule has 0 radical (unpaired) electrons. The summed E-state index contributed by atoms with van der Waals surface area (Å²) in [6.45, 7) is 0. The lowest BCUT2D eigenvalue weighted by molar-refractivity contribution is -0.137. The molecule has 1 aromatic rings. The third-order valence-corrected chi connectivity index (χ3v) is 7.99. The van der Waals surface area contributed by atoms with Gasteiger partial charge in [0.05, 0.1) is 28.3 Å². The molecule has 146 valence electrons.